The van der Waals surface area contributed by atoms with Gasteiger partial charge in [0.1, 0.15) is 0 Å². The first-order valence-corrected chi connectivity index (χ1v) is 9.29. The third-order valence-electron chi connectivity index (χ3n) is 5.01. The molecule has 0 radical (unpaired) electrons. The number of carbonyl (C=O) groups excluding carboxylic acids is 1. The van der Waals surface area contributed by atoms with E-state index in [1.807, 2.05) is 49.4 Å². The van der Waals surface area contributed by atoms with Crippen LogP contribution in [0.4, 0.5) is 0 Å². The van der Waals surface area contributed by atoms with E-state index in [4.69, 9.17) is 0 Å². The van der Waals surface area contributed by atoms with Crippen molar-refractivity contribution in [2.75, 3.05) is 13.1 Å². The largest absolute Gasteiger partial charge is 0.346 e. The van der Waals surface area contributed by atoms with Gasteiger partial charge in [0, 0.05) is 18.7 Å². The van der Waals surface area contributed by atoms with Crippen molar-refractivity contribution in [1.29, 1.82) is 0 Å². The van der Waals surface area contributed by atoms with Gasteiger partial charge in [-0.2, -0.15) is 0 Å². The number of hydrogen-bond acceptors (Lipinski definition) is 2. The van der Waals surface area contributed by atoms with Gasteiger partial charge in [-0.25, -0.2) is 0 Å². The van der Waals surface area contributed by atoms with Crippen LogP contribution in [0.2, 0.25) is 0 Å². The second-order valence-electron chi connectivity index (χ2n) is 7.29. The third-order valence-corrected chi connectivity index (χ3v) is 5.01. The second kappa shape index (κ2) is 8.30. The molecule has 2 aromatic rings. The van der Waals surface area contributed by atoms with Gasteiger partial charge in [0.25, 0.3) is 5.91 Å². The maximum atomic E-state index is 12.5. The molecule has 3 rings (SSSR count). The predicted octanol–water partition coefficient (Wildman–Crippen LogP) is 4.41. The smallest absolute Gasteiger partial charge is 0.251 e. The van der Waals surface area contributed by atoms with Gasteiger partial charge in [-0.1, -0.05) is 49.4 Å². The summed E-state index contributed by atoms with van der Waals surface area (Å²) >= 11 is 0. The van der Waals surface area contributed by atoms with Crippen molar-refractivity contribution < 1.29 is 4.79 Å². The zero-order chi connectivity index (χ0) is 17.6. The lowest BCUT2D eigenvalue weighted by Gasteiger charge is -2.30. The number of nitrogens with zero attached hydrogens (tertiary/aromatic N) is 1. The van der Waals surface area contributed by atoms with Gasteiger partial charge >= 0.3 is 0 Å². The van der Waals surface area contributed by atoms with Crippen LogP contribution in [0.3, 0.4) is 0 Å². The van der Waals surface area contributed by atoms with Crippen molar-refractivity contribution in [2.24, 2.45) is 5.92 Å². The Morgan fingerprint density at radius 2 is 1.88 bits per heavy atom. The molecule has 1 aliphatic rings. The number of rotatable bonds is 5. The minimum atomic E-state index is -0.0190. The van der Waals surface area contributed by atoms with Crippen LogP contribution in [0.1, 0.15) is 54.2 Å². The Labute approximate surface area is 151 Å². The van der Waals surface area contributed by atoms with Crippen molar-refractivity contribution in [3.8, 4) is 0 Å². The van der Waals surface area contributed by atoms with E-state index >= 15 is 0 Å². The summed E-state index contributed by atoms with van der Waals surface area (Å²) in [7, 11) is 0. The number of nitrogens with one attached hydrogen (secondary N) is 1. The second-order valence-corrected chi connectivity index (χ2v) is 7.29. The number of piperidine rings is 1. The molecular weight excluding hydrogens is 308 g/mol. The summed E-state index contributed by atoms with van der Waals surface area (Å²) in [5.41, 5.74) is 3.12. The van der Waals surface area contributed by atoms with Crippen molar-refractivity contribution in [1.82, 2.24) is 10.2 Å². The van der Waals surface area contributed by atoms with Crippen LogP contribution >= 0.6 is 0 Å². The van der Waals surface area contributed by atoms with Crippen molar-refractivity contribution in [3.63, 3.8) is 0 Å². The van der Waals surface area contributed by atoms with Gasteiger partial charge in [-0.05, 0) is 55.5 Å². The molecule has 132 valence electrons. The Kier molecular flexibility index (Phi) is 5.87. The van der Waals surface area contributed by atoms with Crippen LogP contribution in [0.5, 0.6) is 0 Å². The molecule has 2 atom stereocenters. The van der Waals surface area contributed by atoms with E-state index < -0.39 is 0 Å². The molecule has 0 bridgehead atoms. The molecule has 0 spiro atoms. The summed E-state index contributed by atoms with van der Waals surface area (Å²) in [6.45, 7) is 7.68. The summed E-state index contributed by atoms with van der Waals surface area (Å²) in [5, 5.41) is 3.07. The molecule has 0 aliphatic carbocycles. The maximum Gasteiger partial charge on any atom is 0.251 e. The van der Waals surface area contributed by atoms with E-state index in [0.29, 0.717) is 0 Å². The molecule has 3 nitrogen and oxygen atoms in total. The van der Waals surface area contributed by atoms with Gasteiger partial charge in [0.05, 0.1) is 6.04 Å². The van der Waals surface area contributed by atoms with Gasteiger partial charge in [0.2, 0.25) is 0 Å². The lowest BCUT2D eigenvalue weighted by molar-refractivity contribution is 0.0940. The van der Waals surface area contributed by atoms with Gasteiger partial charge in [0.15, 0.2) is 0 Å². The number of hydrogen-bond donors (Lipinski definition) is 1. The maximum absolute atomic E-state index is 12.5. The van der Waals surface area contributed by atoms with E-state index in [2.05, 4.69) is 29.3 Å². The fraction of sp³-hybridized carbons (Fsp3) is 0.409. The van der Waals surface area contributed by atoms with Gasteiger partial charge < -0.3 is 5.32 Å². The topological polar surface area (TPSA) is 32.3 Å². The monoisotopic (exact) mass is 336 g/mol. The first kappa shape index (κ1) is 17.7. The van der Waals surface area contributed by atoms with E-state index in [9.17, 15) is 4.79 Å². The average molecular weight is 336 g/mol. The van der Waals surface area contributed by atoms with Gasteiger partial charge in [-0.3, -0.25) is 9.69 Å². The zero-order valence-electron chi connectivity index (χ0n) is 15.2. The molecule has 1 saturated heterocycles. The summed E-state index contributed by atoms with van der Waals surface area (Å²) in [5.74, 6) is 0.771. The van der Waals surface area contributed by atoms with Crippen LogP contribution in [-0.2, 0) is 6.54 Å². The fourth-order valence-electron chi connectivity index (χ4n) is 3.56. The minimum absolute atomic E-state index is 0.00298. The highest BCUT2D eigenvalue weighted by Gasteiger charge is 2.16. The first-order chi connectivity index (χ1) is 12.1. The van der Waals surface area contributed by atoms with E-state index in [-0.39, 0.29) is 11.9 Å². The lowest BCUT2D eigenvalue weighted by Crippen LogP contribution is -2.33. The Morgan fingerprint density at radius 3 is 2.56 bits per heavy atom. The quantitative estimate of drug-likeness (QED) is 0.877. The molecule has 2 aromatic carbocycles. The highest BCUT2D eigenvalue weighted by atomic mass is 16.1. The number of benzene rings is 2. The van der Waals surface area contributed by atoms with Crippen molar-refractivity contribution in [3.05, 3.63) is 71.3 Å². The number of amides is 1. The van der Waals surface area contributed by atoms with Crippen LogP contribution in [0.15, 0.2) is 54.6 Å². The van der Waals surface area contributed by atoms with Crippen molar-refractivity contribution >= 4 is 5.91 Å². The fourth-order valence-corrected chi connectivity index (χ4v) is 3.56. The number of carbonyl (C=O) groups is 1. The molecule has 0 unspecified atom stereocenters. The minimum Gasteiger partial charge on any atom is -0.346 e. The number of likely N-dealkylation sites (tertiary alicyclic amines) is 1. The van der Waals surface area contributed by atoms with Crippen molar-refractivity contribution in [2.45, 2.75) is 39.3 Å². The molecule has 1 amide bonds. The highest BCUT2D eigenvalue weighted by molar-refractivity contribution is 5.94. The van der Waals surface area contributed by atoms with Crippen LogP contribution in [0, 0.1) is 5.92 Å². The molecule has 0 aromatic heterocycles. The Hall–Kier alpha value is -2.13. The molecule has 1 heterocycles. The first-order valence-electron chi connectivity index (χ1n) is 9.29. The van der Waals surface area contributed by atoms with Crippen LogP contribution in [0.25, 0.3) is 0 Å². The summed E-state index contributed by atoms with van der Waals surface area (Å²) in [6.07, 6.45) is 2.63. The van der Waals surface area contributed by atoms with Crippen LogP contribution in [-0.4, -0.2) is 23.9 Å². The molecule has 25 heavy (non-hydrogen) atoms. The Balaban J connectivity index is 1.57. The standard InChI is InChI=1S/C22H28N2O/c1-17-7-6-14-24(15-17)16-19-10-12-21(13-11-19)22(25)23-18(2)20-8-4-3-5-9-20/h3-5,8-13,17-18H,6-7,14-16H2,1-2H3,(H,23,25)/t17-,18-/m0/s1. The van der Waals surface area contributed by atoms with E-state index in [1.54, 1.807) is 0 Å². The molecule has 0 saturated carbocycles. The third kappa shape index (κ3) is 4.93. The summed E-state index contributed by atoms with van der Waals surface area (Å²) in [4.78, 5) is 15.0. The zero-order valence-corrected chi connectivity index (χ0v) is 15.2. The average Bonchev–Trinajstić information content (AvgIpc) is 2.63. The van der Waals surface area contributed by atoms with Crippen LogP contribution < -0.4 is 5.32 Å². The van der Waals surface area contributed by atoms with E-state index in [0.717, 1.165) is 23.6 Å². The highest BCUT2D eigenvalue weighted by Crippen LogP contribution is 2.18. The Bertz CT molecular complexity index is 681. The predicted molar refractivity (Wildman–Crippen MR) is 102 cm³/mol. The van der Waals surface area contributed by atoms with Gasteiger partial charge in [-0.15, -0.1) is 0 Å². The SMILES string of the molecule is C[C@H]1CCCN(Cc2ccc(C(=O)N[C@@H](C)c3ccccc3)cc2)C1. The molecule has 1 fully saturated rings. The normalized spacial score (nSPS) is 19.4. The molecule has 1 aliphatic heterocycles. The Morgan fingerprint density at radius 1 is 1.16 bits per heavy atom. The molecule has 3 heteroatoms. The summed E-state index contributed by atoms with van der Waals surface area (Å²) < 4.78 is 0. The molecule has 1 N–H and O–H groups in total. The lowest BCUT2D eigenvalue weighted by atomic mass is 9.99. The molecular formula is C22H28N2O. The van der Waals surface area contributed by atoms with E-state index in [1.165, 1.54) is 31.5 Å². The summed E-state index contributed by atoms with van der Waals surface area (Å²) in [6, 6.07) is 18.1.